The molecule has 23 heavy (non-hydrogen) atoms. The zero-order valence-electron chi connectivity index (χ0n) is 11.9. The van der Waals surface area contributed by atoms with Crippen molar-refractivity contribution >= 4 is 15.9 Å². The van der Waals surface area contributed by atoms with Gasteiger partial charge in [0.25, 0.3) is 5.56 Å². The van der Waals surface area contributed by atoms with Crippen LogP contribution < -0.4 is 5.56 Å². The van der Waals surface area contributed by atoms with Gasteiger partial charge in [0.2, 0.25) is 0 Å². The number of benzene rings is 2. The van der Waals surface area contributed by atoms with Gasteiger partial charge in [-0.2, -0.15) is 5.26 Å². The van der Waals surface area contributed by atoms with Gasteiger partial charge in [0.1, 0.15) is 17.4 Å². The van der Waals surface area contributed by atoms with Gasteiger partial charge in [0.05, 0.1) is 11.3 Å². The number of rotatable bonds is 2. The van der Waals surface area contributed by atoms with Crippen LogP contribution in [0.4, 0.5) is 0 Å². The minimum Gasteiger partial charge on any atom is -0.506 e. The predicted octanol–water partition coefficient (Wildman–Crippen LogP) is 4.05. The Labute approximate surface area is 140 Å². The van der Waals surface area contributed by atoms with E-state index in [0.717, 1.165) is 4.47 Å². The summed E-state index contributed by atoms with van der Waals surface area (Å²) in [7, 11) is 0. The Balaban J connectivity index is 2.28. The van der Waals surface area contributed by atoms with Crippen molar-refractivity contribution in [3.8, 4) is 34.2 Å². The molecule has 0 saturated carbocycles. The van der Waals surface area contributed by atoms with Crippen LogP contribution in [-0.4, -0.2) is 10.1 Å². The molecule has 0 unspecified atom stereocenters. The van der Waals surface area contributed by atoms with Crippen molar-refractivity contribution in [2.24, 2.45) is 0 Å². The van der Waals surface area contributed by atoms with Crippen LogP contribution in [0, 0.1) is 11.3 Å². The number of nitrogens with zero attached hydrogens (tertiary/aromatic N) is 1. The number of halogens is 1. The fraction of sp³-hybridized carbons (Fsp3) is 0. The highest BCUT2D eigenvalue weighted by molar-refractivity contribution is 9.10. The number of H-pyrrole nitrogens is 1. The molecule has 0 atom stereocenters. The molecule has 112 valence electrons. The number of aromatic amines is 1. The Hall–Kier alpha value is -2.84. The minimum atomic E-state index is -0.439. The van der Waals surface area contributed by atoms with Crippen LogP contribution in [0.25, 0.3) is 22.4 Å². The van der Waals surface area contributed by atoms with E-state index >= 15 is 0 Å². The predicted molar refractivity (Wildman–Crippen MR) is 92.0 cm³/mol. The monoisotopic (exact) mass is 366 g/mol. The van der Waals surface area contributed by atoms with Crippen LogP contribution in [0.15, 0.2) is 63.9 Å². The molecule has 0 bridgehead atoms. The summed E-state index contributed by atoms with van der Waals surface area (Å²) < 4.78 is 0.882. The molecule has 0 amide bonds. The van der Waals surface area contributed by atoms with E-state index < -0.39 is 5.56 Å². The van der Waals surface area contributed by atoms with Gasteiger partial charge in [-0.25, -0.2) is 0 Å². The maximum atomic E-state index is 12.4. The second-order valence-electron chi connectivity index (χ2n) is 4.91. The summed E-state index contributed by atoms with van der Waals surface area (Å²) in [6, 6.07) is 17.9. The lowest BCUT2D eigenvalue weighted by Crippen LogP contribution is -2.12. The summed E-state index contributed by atoms with van der Waals surface area (Å²) in [5, 5.41) is 19.9. The molecule has 2 aromatic carbocycles. The lowest BCUT2D eigenvalue weighted by molar-refractivity contribution is 0.474. The summed E-state index contributed by atoms with van der Waals surface area (Å²) in [5.41, 5.74) is 1.23. The molecular weight excluding hydrogens is 356 g/mol. The maximum Gasteiger partial charge on any atom is 0.260 e. The summed E-state index contributed by atoms with van der Waals surface area (Å²) in [5.74, 6) is -0.305. The van der Waals surface area contributed by atoms with Crippen LogP contribution in [0.3, 0.4) is 0 Å². The molecule has 0 aliphatic carbocycles. The summed E-state index contributed by atoms with van der Waals surface area (Å²) >= 11 is 3.34. The van der Waals surface area contributed by atoms with Gasteiger partial charge >= 0.3 is 0 Å². The van der Waals surface area contributed by atoms with Crippen molar-refractivity contribution in [3.63, 3.8) is 0 Å². The zero-order chi connectivity index (χ0) is 16.4. The molecule has 0 fully saturated rings. The van der Waals surface area contributed by atoms with Crippen LogP contribution in [0.2, 0.25) is 0 Å². The average molecular weight is 367 g/mol. The minimum absolute atomic E-state index is 0.0470. The van der Waals surface area contributed by atoms with Gasteiger partial charge in [0.15, 0.2) is 0 Å². The molecule has 1 aromatic heterocycles. The van der Waals surface area contributed by atoms with Crippen LogP contribution in [0.1, 0.15) is 5.56 Å². The van der Waals surface area contributed by atoms with E-state index in [4.69, 9.17) is 0 Å². The van der Waals surface area contributed by atoms with E-state index in [0.29, 0.717) is 16.8 Å². The Bertz CT molecular complexity index is 955. The molecule has 0 aliphatic heterocycles. The Morgan fingerprint density at radius 1 is 1.00 bits per heavy atom. The summed E-state index contributed by atoms with van der Waals surface area (Å²) in [4.78, 5) is 15.2. The largest absolute Gasteiger partial charge is 0.506 e. The summed E-state index contributed by atoms with van der Waals surface area (Å²) in [6.45, 7) is 0. The smallest absolute Gasteiger partial charge is 0.260 e. The number of hydrogen-bond donors (Lipinski definition) is 2. The van der Waals surface area contributed by atoms with Crippen molar-refractivity contribution in [2.45, 2.75) is 0 Å². The molecular formula is C18H11BrN2O2. The molecule has 2 N–H and O–H groups in total. The first kappa shape index (κ1) is 15.1. The molecule has 0 radical (unpaired) electrons. The van der Waals surface area contributed by atoms with E-state index in [9.17, 15) is 15.2 Å². The van der Waals surface area contributed by atoms with E-state index in [1.165, 1.54) is 0 Å². The van der Waals surface area contributed by atoms with Gasteiger partial charge in [0, 0.05) is 4.47 Å². The summed E-state index contributed by atoms with van der Waals surface area (Å²) in [6.07, 6.45) is 0. The normalized spacial score (nSPS) is 10.3. The van der Waals surface area contributed by atoms with Crippen molar-refractivity contribution in [2.75, 3.05) is 0 Å². The molecule has 0 spiro atoms. The zero-order valence-corrected chi connectivity index (χ0v) is 13.5. The molecule has 3 rings (SSSR count). The molecule has 5 heteroatoms. The Morgan fingerprint density at radius 3 is 2.26 bits per heavy atom. The lowest BCUT2D eigenvalue weighted by atomic mass is 9.99. The van der Waals surface area contributed by atoms with Gasteiger partial charge in [-0.05, 0) is 23.3 Å². The number of hydrogen-bond acceptors (Lipinski definition) is 3. The van der Waals surface area contributed by atoms with E-state index in [1.807, 2.05) is 12.1 Å². The third-order valence-corrected chi connectivity index (χ3v) is 4.03. The quantitative estimate of drug-likeness (QED) is 0.718. The van der Waals surface area contributed by atoms with E-state index in [1.54, 1.807) is 48.5 Å². The van der Waals surface area contributed by atoms with Gasteiger partial charge in [-0.3, -0.25) is 4.79 Å². The maximum absolute atomic E-state index is 12.4. The van der Waals surface area contributed by atoms with Gasteiger partial charge in [-0.15, -0.1) is 0 Å². The topological polar surface area (TPSA) is 76.9 Å². The molecule has 0 aliphatic rings. The van der Waals surface area contributed by atoms with E-state index in [2.05, 4.69) is 20.9 Å². The first-order valence-corrected chi connectivity index (χ1v) is 7.62. The van der Waals surface area contributed by atoms with Gasteiger partial charge in [-0.1, -0.05) is 58.4 Å². The number of aromatic nitrogens is 1. The number of nitrogens with one attached hydrogen (secondary N) is 1. The third-order valence-electron chi connectivity index (χ3n) is 3.50. The second kappa shape index (κ2) is 6.11. The highest BCUT2D eigenvalue weighted by Gasteiger charge is 2.19. The van der Waals surface area contributed by atoms with Crippen LogP contribution in [0.5, 0.6) is 5.75 Å². The fourth-order valence-electron chi connectivity index (χ4n) is 2.40. The second-order valence-corrected chi connectivity index (χ2v) is 5.83. The van der Waals surface area contributed by atoms with Crippen molar-refractivity contribution in [1.82, 2.24) is 4.98 Å². The number of nitriles is 1. The highest BCUT2D eigenvalue weighted by Crippen LogP contribution is 2.33. The lowest BCUT2D eigenvalue weighted by Gasteiger charge is -2.10. The average Bonchev–Trinajstić information content (AvgIpc) is 2.56. The molecule has 3 aromatic rings. The van der Waals surface area contributed by atoms with E-state index in [-0.39, 0.29) is 16.9 Å². The fourth-order valence-corrected chi connectivity index (χ4v) is 2.67. The Morgan fingerprint density at radius 2 is 1.65 bits per heavy atom. The Kier molecular flexibility index (Phi) is 4.00. The van der Waals surface area contributed by atoms with Crippen molar-refractivity contribution in [3.05, 3.63) is 75.0 Å². The number of pyridine rings is 1. The third kappa shape index (κ3) is 2.77. The molecule has 0 saturated heterocycles. The molecule has 4 nitrogen and oxygen atoms in total. The van der Waals surface area contributed by atoms with Crippen molar-refractivity contribution in [1.29, 1.82) is 5.26 Å². The first-order chi connectivity index (χ1) is 11.1. The molecule has 1 heterocycles. The SMILES string of the molecule is N#Cc1c(-c2ccc(Br)cc2)[nH]c(=O)c(-c2ccccc2)c1O. The van der Waals surface area contributed by atoms with Crippen molar-refractivity contribution < 1.29 is 5.11 Å². The first-order valence-electron chi connectivity index (χ1n) is 6.82. The van der Waals surface area contributed by atoms with Gasteiger partial charge < -0.3 is 10.1 Å². The van der Waals surface area contributed by atoms with Crippen LogP contribution in [-0.2, 0) is 0 Å². The highest BCUT2D eigenvalue weighted by atomic mass is 79.9. The number of aromatic hydroxyl groups is 1. The standard InChI is InChI=1S/C18H11BrN2O2/c19-13-8-6-12(7-9-13)16-14(10-20)17(22)15(18(23)21-16)11-4-2-1-3-5-11/h1-9H,(H2,21,22,23). The van der Waals surface area contributed by atoms with Crippen LogP contribution >= 0.6 is 15.9 Å².